The largest absolute Gasteiger partial charge is 0.385 e. The van der Waals surface area contributed by atoms with E-state index in [9.17, 15) is 5.11 Å². The molecular weight excluding hydrogens is 186 g/mol. The summed E-state index contributed by atoms with van der Waals surface area (Å²) in [5, 5.41) is 10.7. The molecule has 0 aromatic carbocycles. The second-order valence-electron chi connectivity index (χ2n) is 3.61. The number of halogens is 1. The maximum absolute atomic E-state index is 10.2. The van der Waals surface area contributed by atoms with Crippen LogP contribution in [0.4, 0.5) is 0 Å². The van der Waals surface area contributed by atoms with E-state index in [2.05, 4.69) is 4.98 Å². The van der Waals surface area contributed by atoms with Crippen LogP contribution in [-0.4, -0.2) is 10.1 Å². The first kappa shape index (κ1) is 8.97. The minimum atomic E-state index is -0.646. The van der Waals surface area contributed by atoms with Gasteiger partial charge in [-0.25, -0.2) is 4.98 Å². The van der Waals surface area contributed by atoms with Gasteiger partial charge in [0, 0.05) is 6.20 Å². The Morgan fingerprint density at radius 3 is 2.69 bits per heavy atom. The van der Waals surface area contributed by atoms with Crippen molar-refractivity contribution in [2.45, 2.75) is 31.3 Å². The summed E-state index contributed by atoms with van der Waals surface area (Å²) in [5.41, 5.74) is 0.261. The van der Waals surface area contributed by atoms with Crippen LogP contribution in [0.5, 0.6) is 0 Å². The molecule has 0 aliphatic heterocycles. The zero-order valence-electron chi connectivity index (χ0n) is 7.33. The fraction of sp³-hybridized carbons (Fsp3) is 0.500. The summed E-state index contributed by atoms with van der Waals surface area (Å²) in [4.78, 5) is 3.90. The van der Waals surface area contributed by atoms with Crippen molar-refractivity contribution in [3.63, 3.8) is 0 Å². The number of hydrogen-bond donors (Lipinski definition) is 1. The van der Waals surface area contributed by atoms with Crippen molar-refractivity contribution in [1.82, 2.24) is 4.98 Å². The van der Waals surface area contributed by atoms with Gasteiger partial charge in [0.15, 0.2) is 0 Å². The Kier molecular flexibility index (Phi) is 2.26. The molecule has 1 aliphatic carbocycles. The van der Waals surface area contributed by atoms with E-state index in [1.807, 2.05) is 6.07 Å². The molecule has 2 rings (SSSR count). The summed E-state index contributed by atoms with van der Waals surface area (Å²) in [7, 11) is 0. The molecule has 1 saturated carbocycles. The molecule has 1 fully saturated rings. The predicted molar refractivity (Wildman–Crippen MR) is 51.6 cm³/mol. The van der Waals surface area contributed by atoms with Crippen LogP contribution in [0, 0.1) is 0 Å². The van der Waals surface area contributed by atoms with E-state index in [0.717, 1.165) is 31.2 Å². The van der Waals surface area contributed by atoms with E-state index in [4.69, 9.17) is 11.6 Å². The van der Waals surface area contributed by atoms with Gasteiger partial charge in [0.25, 0.3) is 0 Å². The van der Waals surface area contributed by atoms with Gasteiger partial charge >= 0.3 is 0 Å². The van der Waals surface area contributed by atoms with Gasteiger partial charge < -0.3 is 5.11 Å². The third-order valence-corrected chi connectivity index (χ3v) is 2.90. The quantitative estimate of drug-likeness (QED) is 0.702. The Balaban J connectivity index is 2.33. The fourth-order valence-electron chi connectivity index (χ4n) is 1.94. The lowest BCUT2D eigenvalue weighted by atomic mass is 9.93. The van der Waals surface area contributed by atoms with Gasteiger partial charge in [-0.2, -0.15) is 0 Å². The summed E-state index contributed by atoms with van der Waals surface area (Å²) in [5.74, 6) is 0. The summed E-state index contributed by atoms with van der Waals surface area (Å²) >= 11 is 5.76. The Morgan fingerprint density at radius 1 is 1.38 bits per heavy atom. The van der Waals surface area contributed by atoms with Crippen LogP contribution in [0.2, 0.25) is 5.15 Å². The van der Waals surface area contributed by atoms with Crippen molar-refractivity contribution in [1.29, 1.82) is 0 Å². The highest BCUT2D eigenvalue weighted by atomic mass is 35.5. The van der Waals surface area contributed by atoms with Crippen molar-refractivity contribution < 1.29 is 5.11 Å². The fourth-order valence-corrected chi connectivity index (χ4v) is 2.11. The van der Waals surface area contributed by atoms with Crippen LogP contribution >= 0.6 is 11.6 Å². The molecule has 70 valence electrons. The number of hydrogen-bond acceptors (Lipinski definition) is 2. The molecule has 0 atom stereocenters. The van der Waals surface area contributed by atoms with E-state index in [1.54, 1.807) is 12.3 Å². The lowest BCUT2D eigenvalue weighted by molar-refractivity contribution is 0.0444. The first-order valence-electron chi connectivity index (χ1n) is 4.55. The first-order valence-corrected chi connectivity index (χ1v) is 4.93. The molecule has 1 aromatic rings. The van der Waals surface area contributed by atoms with Crippen molar-refractivity contribution >= 4 is 11.6 Å². The maximum Gasteiger partial charge on any atom is 0.129 e. The molecule has 3 heteroatoms. The van der Waals surface area contributed by atoms with E-state index >= 15 is 0 Å². The predicted octanol–water partition coefficient (Wildman–Crippen LogP) is 2.50. The highest BCUT2D eigenvalue weighted by molar-refractivity contribution is 6.29. The second-order valence-corrected chi connectivity index (χ2v) is 3.99. The molecule has 0 amide bonds. The van der Waals surface area contributed by atoms with Gasteiger partial charge in [0.1, 0.15) is 5.15 Å². The van der Waals surface area contributed by atoms with Gasteiger partial charge in [-0.05, 0) is 30.5 Å². The number of aliphatic hydroxyl groups is 1. The smallest absolute Gasteiger partial charge is 0.129 e. The summed E-state index contributed by atoms with van der Waals surface area (Å²) in [6, 6.07) is 3.60. The molecular formula is C10H12ClNO. The van der Waals surface area contributed by atoms with Gasteiger partial charge in [-0.1, -0.05) is 24.4 Å². The van der Waals surface area contributed by atoms with Crippen LogP contribution in [0.15, 0.2) is 18.3 Å². The monoisotopic (exact) mass is 197 g/mol. The molecule has 0 spiro atoms. The van der Waals surface area contributed by atoms with E-state index in [1.165, 1.54) is 0 Å². The summed E-state index contributed by atoms with van der Waals surface area (Å²) < 4.78 is 0. The van der Waals surface area contributed by atoms with E-state index in [0.29, 0.717) is 5.15 Å². The van der Waals surface area contributed by atoms with Crippen LogP contribution in [-0.2, 0) is 5.60 Å². The number of rotatable bonds is 1. The van der Waals surface area contributed by atoms with Crippen molar-refractivity contribution in [3.8, 4) is 0 Å². The molecule has 0 unspecified atom stereocenters. The normalized spacial score (nSPS) is 20.5. The Morgan fingerprint density at radius 2 is 2.08 bits per heavy atom. The minimum Gasteiger partial charge on any atom is -0.385 e. The van der Waals surface area contributed by atoms with Gasteiger partial charge in [-0.15, -0.1) is 0 Å². The molecule has 0 bridgehead atoms. The summed E-state index contributed by atoms with van der Waals surface area (Å²) in [6.07, 6.45) is 5.52. The Labute approximate surface area is 82.6 Å². The van der Waals surface area contributed by atoms with E-state index < -0.39 is 5.60 Å². The van der Waals surface area contributed by atoms with Crippen LogP contribution in [0.3, 0.4) is 0 Å². The SMILES string of the molecule is OC1(c2ccnc(Cl)c2)CCCC1. The van der Waals surface area contributed by atoms with Gasteiger partial charge in [0.2, 0.25) is 0 Å². The minimum absolute atomic E-state index is 0.456. The van der Waals surface area contributed by atoms with Crippen LogP contribution in [0.25, 0.3) is 0 Å². The zero-order valence-corrected chi connectivity index (χ0v) is 8.09. The van der Waals surface area contributed by atoms with E-state index in [-0.39, 0.29) is 0 Å². The Bertz CT molecular complexity index is 308. The maximum atomic E-state index is 10.2. The molecule has 1 aromatic heterocycles. The zero-order chi connectivity index (χ0) is 9.31. The number of pyridine rings is 1. The highest BCUT2D eigenvalue weighted by Gasteiger charge is 2.32. The third-order valence-electron chi connectivity index (χ3n) is 2.69. The topological polar surface area (TPSA) is 33.1 Å². The Hall–Kier alpha value is -0.600. The standard InChI is InChI=1S/C10H12ClNO/c11-9-7-8(3-6-12-9)10(13)4-1-2-5-10/h3,6-7,13H,1-2,4-5H2. The van der Waals surface area contributed by atoms with Crippen LogP contribution < -0.4 is 0 Å². The molecule has 1 N–H and O–H groups in total. The summed E-state index contributed by atoms with van der Waals surface area (Å²) in [6.45, 7) is 0. The molecule has 2 nitrogen and oxygen atoms in total. The lowest BCUT2D eigenvalue weighted by Crippen LogP contribution is -2.20. The van der Waals surface area contributed by atoms with Crippen molar-refractivity contribution in [2.24, 2.45) is 0 Å². The van der Waals surface area contributed by atoms with Crippen molar-refractivity contribution in [2.75, 3.05) is 0 Å². The average Bonchev–Trinajstić information content (AvgIpc) is 2.54. The van der Waals surface area contributed by atoms with Crippen molar-refractivity contribution in [3.05, 3.63) is 29.0 Å². The molecule has 0 radical (unpaired) electrons. The molecule has 0 saturated heterocycles. The first-order chi connectivity index (χ1) is 6.21. The second kappa shape index (κ2) is 3.28. The molecule has 1 heterocycles. The van der Waals surface area contributed by atoms with Crippen LogP contribution in [0.1, 0.15) is 31.2 Å². The number of nitrogens with zero attached hydrogens (tertiary/aromatic N) is 1. The third kappa shape index (κ3) is 1.69. The van der Waals surface area contributed by atoms with Gasteiger partial charge in [-0.3, -0.25) is 0 Å². The lowest BCUT2D eigenvalue weighted by Gasteiger charge is -2.22. The highest BCUT2D eigenvalue weighted by Crippen LogP contribution is 2.38. The average molecular weight is 198 g/mol. The number of aromatic nitrogens is 1. The molecule has 1 aliphatic rings. The van der Waals surface area contributed by atoms with Gasteiger partial charge in [0.05, 0.1) is 5.60 Å². The molecule has 13 heavy (non-hydrogen) atoms.